The summed E-state index contributed by atoms with van der Waals surface area (Å²) in [5.74, 6) is -0.268. The number of nitrogens with zero attached hydrogens (tertiary/aromatic N) is 2. The Morgan fingerprint density at radius 3 is 2.25 bits per heavy atom. The summed E-state index contributed by atoms with van der Waals surface area (Å²) in [6, 6.07) is 12.4. The van der Waals surface area contributed by atoms with Crippen LogP contribution >= 0.6 is 0 Å². The van der Waals surface area contributed by atoms with Gasteiger partial charge in [-0.3, -0.25) is 9.97 Å². The van der Waals surface area contributed by atoms with Crippen molar-refractivity contribution in [2.75, 3.05) is 6.54 Å². The van der Waals surface area contributed by atoms with Gasteiger partial charge in [0.25, 0.3) is 0 Å². The standard InChI is InChI=1S/C19H18FN3O/c20-18-11-16(14-3-7-21-8-4-14)1-2-17(18)12-23-13-19(24)15-5-9-22-10-6-15/h1-11,19,23-24H,12-13H2. The van der Waals surface area contributed by atoms with Crippen LogP contribution in [-0.2, 0) is 6.54 Å². The molecule has 0 spiro atoms. The zero-order chi connectivity index (χ0) is 16.8. The van der Waals surface area contributed by atoms with Crippen LogP contribution < -0.4 is 5.32 Å². The van der Waals surface area contributed by atoms with Gasteiger partial charge in [-0.15, -0.1) is 0 Å². The molecule has 0 amide bonds. The number of nitrogens with one attached hydrogen (secondary N) is 1. The Balaban J connectivity index is 1.60. The van der Waals surface area contributed by atoms with Gasteiger partial charge in [0.15, 0.2) is 0 Å². The summed E-state index contributed by atoms with van der Waals surface area (Å²) in [6.45, 7) is 0.695. The second-order valence-corrected chi connectivity index (χ2v) is 5.47. The highest BCUT2D eigenvalue weighted by molar-refractivity contribution is 5.63. The lowest BCUT2D eigenvalue weighted by Gasteiger charge is -2.12. The fourth-order valence-electron chi connectivity index (χ4n) is 2.46. The number of pyridine rings is 2. The van der Waals surface area contributed by atoms with Gasteiger partial charge in [0.05, 0.1) is 6.10 Å². The molecule has 2 N–H and O–H groups in total. The van der Waals surface area contributed by atoms with Crippen LogP contribution in [0.4, 0.5) is 4.39 Å². The van der Waals surface area contributed by atoms with Crippen molar-refractivity contribution in [3.63, 3.8) is 0 Å². The molecule has 2 aromatic heterocycles. The van der Waals surface area contributed by atoms with E-state index in [0.717, 1.165) is 16.7 Å². The molecule has 1 unspecified atom stereocenters. The maximum atomic E-state index is 14.3. The normalized spacial score (nSPS) is 12.1. The summed E-state index contributed by atoms with van der Waals surface area (Å²) in [4.78, 5) is 7.88. The predicted octanol–water partition coefficient (Wildman–Crippen LogP) is 3.11. The molecule has 0 saturated heterocycles. The van der Waals surface area contributed by atoms with E-state index in [1.807, 2.05) is 18.2 Å². The maximum Gasteiger partial charge on any atom is 0.128 e. The molecule has 5 heteroatoms. The van der Waals surface area contributed by atoms with Gasteiger partial charge in [-0.1, -0.05) is 12.1 Å². The minimum atomic E-state index is -0.646. The van der Waals surface area contributed by atoms with Crippen LogP contribution in [0.15, 0.2) is 67.3 Å². The van der Waals surface area contributed by atoms with Gasteiger partial charge < -0.3 is 10.4 Å². The largest absolute Gasteiger partial charge is 0.387 e. The van der Waals surface area contributed by atoms with Crippen molar-refractivity contribution in [1.29, 1.82) is 0 Å². The molecule has 0 bridgehead atoms. The molecular weight excluding hydrogens is 305 g/mol. The fraction of sp³-hybridized carbons (Fsp3) is 0.158. The van der Waals surface area contributed by atoms with Crippen molar-refractivity contribution in [2.45, 2.75) is 12.6 Å². The van der Waals surface area contributed by atoms with E-state index in [-0.39, 0.29) is 5.82 Å². The summed E-state index contributed by atoms with van der Waals surface area (Å²) >= 11 is 0. The number of halogens is 1. The molecule has 0 saturated carbocycles. The van der Waals surface area contributed by atoms with Gasteiger partial charge in [-0.25, -0.2) is 4.39 Å². The molecule has 122 valence electrons. The van der Waals surface area contributed by atoms with E-state index in [9.17, 15) is 9.50 Å². The Kier molecular flexibility index (Phi) is 5.25. The molecule has 2 heterocycles. The molecule has 3 rings (SSSR count). The Labute approximate surface area is 140 Å². The summed E-state index contributed by atoms with van der Waals surface area (Å²) < 4.78 is 14.3. The predicted molar refractivity (Wildman–Crippen MR) is 90.5 cm³/mol. The number of hydrogen-bond acceptors (Lipinski definition) is 4. The zero-order valence-electron chi connectivity index (χ0n) is 13.1. The fourth-order valence-corrected chi connectivity index (χ4v) is 2.46. The third-order valence-corrected chi connectivity index (χ3v) is 3.81. The zero-order valence-corrected chi connectivity index (χ0v) is 13.1. The van der Waals surface area contributed by atoms with Crippen molar-refractivity contribution in [3.05, 3.63) is 84.2 Å². The molecular formula is C19H18FN3O. The molecule has 4 nitrogen and oxygen atoms in total. The highest BCUT2D eigenvalue weighted by Gasteiger charge is 2.08. The number of aliphatic hydroxyl groups is 1. The van der Waals surface area contributed by atoms with Crippen molar-refractivity contribution >= 4 is 0 Å². The second-order valence-electron chi connectivity index (χ2n) is 5.47. The third-order valence-electron chi connectivity index (χ3n) is 3.81. The Morgan fingerprint density at radius 1 is 0.917 bits per heavy atom. The van der Waals surface area contributed by atoms with Gasteiger partial charge in [0.2, 0.25) is 0 Å². The lowest BCUT2D eigenvalue weighted by Crippen LogP contribution is -2.21. The molecule has 0 fully saturated rings. The topological polar surface area (TPSA) is 58.0 Å². The first-order chi connectivity index (χ1) is 11.7. The molecule has 1 atom stereocenters. The number of aliphatic hydroxyl groups excluding tert-OH is 1. The van der Waals surface area contributed by atoms with Crippen LogP contribution in [-0.4, -0.2) is 21.6 Å². The minimum Gasteiger partial charge on any atom is -0.387 e. The second kappa shape index (κ2) is 7.77. The molecule has 0 aliphatic heterocycles. The van der Waals surface area contributed by atoms with E-state index >= 15 is 0 Å². The molecule has 3 aromatic rings. The first kappa shape index (κ1) is 16.2. The quantitative estimate of drug-likeness (QED) is 0.732. The third kappa shape index (κ3) is 4.01. The van der Waals surface area contributed by atoms with Gasteiger partial charge in [0.1, 0.15) is 5.82 Å². The van der Waals surface area contributed by atoms with Crippen LogP contribution in [0.1, 0.15) is 17.2 Å². The van der Waals surface area contributed by atoms with E-state index in [1.165, 1.54) is 6.07 Å². The number of benzene rings is 1. The van der Waals surface area contributed by atoms with Crippen LogP contribution in [0.2, 0.25) is 0 Å². The van der Waals surface area contributed by atoms with E-state index in [1.54, 1.807) is 43.0 Å². The van der Waals surface area contributed by atoms with Crippen LogP contribution in [0.5, 0.6) is 0 Å². The number of aromatic nitrogens is 2. The maximum absolute atomic E-state index is 14.3. The van der Waals surface area contributed by atoms with Crippen molar-refractivity contribution in [1.82, 2.24) is 15.3 Å². The number of hydrogen-bond donors (Lipinski definition) is 2. The summed E-state index contributed by atoms with van der Waals surface area (Å²) in [5, 5.41) is 13.2. The molecule has 0 aliphatic carbocycles. The Hall–Kier alpha value is -2.63. The first-order valence-corrected chi connectivity index (χ1v) is 7.71. The van der Waals surface area contributed by atoms with Gasteiger partial charge in [0, 0.05) is 43.4 Å². The van der Waals surface area contributed by atoms with Crippen molar-refractivity contribution in [3.8, 4) is 11.1 Å². The van der Waals surface area contributed by atoms with Gasteiger partial charge >= 0.3 is 0 Å². The highest BCUT2D eigenvalue weighted by Crippen LogP contribution is 2.21. The average Bonchev–Trinajstić information content (AvgIpc) is 2.64. The Morgan fingerprint density at radius 2 is 1.58 bits per heavy atom. The van der Waals surface area contributed by atoms with E-state index in [2.05, 4.69) is 15.3 Å². The van der Waals surface area contributed by atoms with E-state index in [4.69, 9.17) is 0 Å². The van der Waals surface area contributed by atoms with Crippen LogP contribution in [0.25, 0.3) is 11.1 Å². The Bertz CT molecular complexity index is 781. The van der Waals surface area contributed by atoms with Crippen LogP contribution in [0, 0.1) is 5.82 Å². The number of rotatable bonds is 6. The van der Waals surface area contributed by atoms with Crippen molar-refractivity contribution < 1.29 is 9.50 Å². The molecule has 1 aromatic carbocycles. The smallest absolute Gasteiger partial charge is 0.128 e. The first-order valence-electron chi connectivity index (χ1n) is 7.71. The summed E-state index contributed by atoms with van der Waals surface area (Å²) in [6.07, 6.45) is 5.99. The average molecular weight is 323 g/mol. The molecule has 24 heavy (non-hydrogen) atoms. The van der Waals surface area contributed by atoms with E-state index < -0.39 is 6.10 Å². The molecule has 0 aliphatic rings. The highest BCUT2D eigenvalue weighted by atomic mass is 19.1. The lowest BCUT2D eigenvalue weighted by atomic mass is 10.0. The van der Waals surface area contributed by atoms with Gasteiger partial charge in [-0.05, 0) is 47.0 Å². The summed E-state index contributed by atoms with van der Waals surface area (Å²) in [5.41, 5.74) is 3.09. The lowest BCUT2D eigenvalue weighted by molar-refractivity contribution is 0.174. The van der Waals surface area contributed by atoms with E-state index in [0.29, 0.717) is 18.7 Å². The van der Waals surface area contributed by atoms with Crippen molar-refractivity contribution in [2.24, 2.45) is 0 Å². The monoisotopic (exact) mass is 323 g/mol. The SMILES string of the molecule is OC(CNCc1ccc(-c2ccncc2)cc1F)c1ccncc1. The molecule has 0 radical (unpaired) electrons. The summed E-state index contributed by atoms with van der Waals surface area (Å²) in [7, 11) is 0. The van der Waals surface area contributed by atoms with Gasteiger partial charge in [-0.2, -0.15) is 0 Å². The minimum absolute atomic E-state index is 0.268. The van der Waals surface area contributed by atoms with Crippen LogP contribution in [0.3, 0.4) is 0 Å².